The van der Waals surface area contributed by atoms with Gasteiger partial charge in [-0.05, 0) is 13.8 Å². The Balaban J connectivity index is 1.92. The third-order valence-electron chi connectivity index (χ3n) is 3.98. The Bertz CT molecular complexity index is 688. The molecule has 1 fully saturated rings. The summed E-state index contributed by atoms with van der Waals surface area (Å²) in [6.07, 6.45) is 1.79. The van der Waals surface area contributed by atoms with Gasteiger partial charge in [0.15, 0.2) is 11.6 Å². The highest BCUT2D eigenvalue weighted by Crippen LogP contribution is 2.32. The minimum Gasteiger partial charge on any atom is -0.379 e. The van der Waals surface area contributed by atoms with Gasteiger partial charge in [-0.15, -0.1) is 5.10 Å². The van der Waals surface area contributed by atoms with E-state index in [1.165, 1.54) is 0 Å². The van der Waals surface area contributed by atoms with Crippen LogP contribution in [0.15, 0.2) is 6.20 Å². The molecule has 22 heavy (non-hydrogen) atoms. The minimum absolute atomic E-state index is 0.0358. The monoisotopic (exact) mass is 306 g/mol. The van der Waals surface area contributed by atoms with Crippen LogP contribution in [0.4, 0.5) is 10.2 Å². The fourth-order valence-electron chi connectivity index (χ4n) is 2.90. The van der Waals surface area contributed by atoms with E-state index in [0.717, 1.165) is 5.69 Å². The van der Waals surface area contributed by atoms with Crippen LogP contribution in [0, 0.1) is 19.7 Å². The summed E-state index contributed by atoms with van der Waals surface area (Å²) in [5.74, 6) is 0.554. The lowest BCUT2D eigenvalue weighted by atomic mass is 10.0. The molecule has 0 radical (unpaired) electrons. The Labute approximate surface area is 128 Å². The predicted molar refractivity (Wildman–Crippen MR) is 78.2 cm³/mol. The van der Waals surface area contributed by atoms with Crippen LogP contribution in [0.3, 0.4) is 0 Å². The molecule has 0 bridgehead atoms. The van der Waals surface area contributed by atoms with Gasteiger partial charge in [0.05, 0.1) is 23.4 Å². The number of aryl methyl sites for hydroxylation is 3. The number of rotatable bonds is 3. The van der Waals surface area contributed by atoms with Gasteiger partial charge < -0.3 is 9.64 Å². The molecule has 0 aromatic carbocycles. The molecule has 3 rings (SSSR count). The number of hydrogen-bond acceptors (Lipinski definition) is 6. The lowest BCUT2D eigenvalue weighted by molar-refractivity contribution is 0.105. The summed E-state index contributed by atoms with van der Waals surface area (Å²) in [4.78, 5) is 10.2. The second kappa shape index (κ2) is 5.60. The molecule has 0 spiro atoms. The van der Waals surface area contributed by atoms with Gasteiger partial charge in [-0.3, -0.25) is 4.68 Å². The Morgan fingerprint density at radius 1 is 1.27 bits per heavy atom. The maximum Gasteiger partial charge on any atom is 0.186 e. The molecule has 8 heteroatoms. The summed E-state index contributed by atoms with van der Waals surface area (Å²) >= 11 is 0. The predicted octanol–water partition coefficient (Wildman–Crippen LogP) is 0.980. The molecule has 118 valence electrons. The van der Waals surface area contributed by atoms with Crippen molar-refractivity contribution < 1.29 is 9.13 Å². The van der Waals surface area contributed by atoms with E-state index in [0.29, 0.717) is 30.4 Å². The van der Waals surface area contributed by atoms with Crippen molar-refractivity contribution in [3.8, 4) is 0 Å². The summed E-state index contributed by atoms with van der Waals surface area (Å²) < 4.78 is 21.6. The fourth-order valence-corrected chi connectivity index (χ4v) is 2.90. The van der Waals surface area contributed by atoms with Gasteiger partial charge in [-0.1, -0.05) is 5.21 Å². The fraction of sp³-hybridized carbons (Fsp3) is 0.571. The van der Waals surface area contributed by atoms with Crippen molar-refractivity contribution in [2.24, 2.45) is 7.05 Å². The quantitative estimate of drug-likeness (QED) is 0.842. The molecule has 2 atom stereocenters. The lowest BCUT2D eigenvalue weighted by Gasteiger charge is -2.18. The average Bonchev–Trinajstić information content (AvgIpc) is 3.08. The third-order valence-corrected chi connectivity index (χ3v) is 3.98. The topological polar surface area (TPSA) is 69.0 Å². The molecule has 2 aromatic rings. The Hall–Kier alpha value is -2.09. The maximum absolute atomic E-state index is 14.4. The van der Waals surface area contributed by atoms with Gasteiger partial charge in [-0.2, -0.15) is 0 Å². The number of nitrogens with zero attached hydrogens (tertiary/aromatic N) is 6. The highest BCUT2D eigenvalue weighted by atomic mass is 19.1. The van der Waals surface area contributed by atoms with Crippen molar-refractivity contribution in [3.63, 3.8) is 0 Å². The summed E-state index contributed by atoms with van der Waals surface area (Å²) in [6.45, 7) is 4.56. The second-order valence-corrected chi connectivity index (χ2v) is 5.60. The van der Waals surface area contributed by atoms with Gasteiger partial charge in [0.25, 0.3) is 0 Å². The highest BCUT2D eigenvalue weighted by Gasteiger charge is 2.37. The molecule has 0 aliphatic carbocycles. The zero-order chi connectivity index (χ0) is 15.9. The van der Waals surface area contributed by atoms with E-state index in [1.54, 1.807) is 25.6 Å². The molecule has 1 aliphatic heterocycles. The maximum atomic E-state index is 14.4. The number of ether oxygens (including phenoxy) is 1. The first-order valence-electron chi connectivity index (χ1n) is 7.14. The van der Waals surface area contributed by atoms with Crippen molar-refractivity contribution in [1.82, 2.24) is 25.0 Å². The van der Waals surface area contributed by atoms with Crippen molar-refractivity contribution in [3.05, 3.63) is 29.2 Å². The second-order valence-electron chi connectivity index (χ2n) is 5.60. The zero-order valence-corrected chi connectivity index (χ0v) is 13.1. The Morgan fingerprint density at radius 2 is 2.05 bits per heavy atom. The Morgan fingerprint density at radius 3 is 2.68 bits per heavy atom. The van der Waals surface area contributed by atoms with Gasteiger partial charge in [0.2, 0.25) is 0 Å². The number of methoxy groups -OCH3 is 1. The van der Waals surface area contributed by atoms with Crippen LogP contribution in [0.1, 0.15) is 23.1 Å². The van der Waals surface area contributed by atoms with Crippen LogP contribution in [0.5, 0.6) is 0 Å². The van der Waals surface area contributed by atoms with Crippen molar-refractivity contribution in [2.75, 3.05) is 25.1 Å². The molecule has 0 N–H and O–H groups in total. The van der Waals surface area contributed by atoms with E-state index in [-0.39, 0.29) is 17.8 Å². The zero-order valence-electron chi connectivity index (χ0n) is 13.1. The summed E-state index contributed by atoms with van der Waals surface area (Å²) in [5, 5.41) is 8.13. The van der Waals surface area contributed by atoms with E-state index >= 15 is 0 Å². The van der Waals surface area contributed by atoms with Crippen LogP contribution < -0.4 is 4.90 Å². The standard InChI is InChI=1S/C14H19FN6O/c1-8-13(15)14(17-9(2)16-8)21-5-10(12(7-21)22-4)11-6-20(3)19-18-11/h6,10,12H,5,7H2,1-4H3/t10-,12+/m0/s1. The number of aromatic nitrogens is 5. The molecule has 0 unspecified atom stereocenters. The lowest BCUT2D eigenvalue weighted by Crippen LogP contribution is -2.25. The molecular weight excluding hydrogens is 287 g/mol. The summed E-state index contributed by atoms with van der Waals surface area (Å²) in [6, 6.07) is 0. The van der Waals surface area contributed by atoms with E-state index in [4.69, 9.17) is 4.74 Å². The number of halogens is 1. The van der Waals surface area contributed by atoms with Crippen LogP contribution >= 0.6 is 0 Å². The van der Waals surface area contributed by atoms with E-state index in [1.807, 2.05) is 18.1 Å². The number of hydrogen-bond donors (Lipinski definition) is 0. The number of anilines is 1. The average molecular weight is 306 g/mol. The molecule has 1 saturated heterocycles. The van der Waals surface area contributed by atoms with Crippen LogP contribution in [0.25, 0.3) is 0 Å². The molecule has 7 nitrogen and oxygen atoms in total. The SMILES string of the molecule is CO[C@@H]1CN(c2nc(C)nc(C)c2F)C[C@H]1c1cn(C)nn1. The van der Waals surface area contributed by atoms with Crippen molar-refractivity contribution in [1.29, 1.82) is 0 Å². The van der Waals surface area contributed by atoms with Crippen LogP contribution in [-0.2, 0) is 11.8 Å². The summed E-state index contributed by atoms with van der Waals surface area (Å²) in [7, 11) is 3.48. The third kappa shape index (κ3) is 2.54. The molecule has 0 amide bonds. The Kier molecular flexibility index (Phi) is 3.78. The van der Waals surface area contributed by atoms with Gasteiger partial charge in [-0.25, -0.2) is 14.4 Å². The van der Waals surface area contributed by atoms with E-state index in [9.17, 15) is 4.39 Å². The van der Waals surface area contributed by atoms with Crippen LogP contribution in [0.2, 0.25) is 0 Å². The normalized spacial score (nSPS) is 21.6. The smallest absolute Gasteiger partial charge is 0.186 e. The van der Waals surface area contributed by atoms with Crippen molar-refractivity contribution >= 4 is 5.82 Å². The van der Waals surface area contributed by atoms with E-state index < -0.39 is 0 Å². The summed E-state index contributed by atoms with van der Waals surface area (Å²) in [5.41, 5.74) is 1.21. The highest BCUT2D eigenvalue weighted by molar-refractivity contribution is 5.44. The van der Waals surface area contributed by atoms with E-state index in [2.05, 4.69) is 20.3 Å². The molecule has 3 heterocycles. The van der Waals surface area contributed by atoms with Crippen molar-refractivity contribution in [2.45, 2.75) is 25.9 Å². The molecule has 2 aromatic heterocycles. The van der Waals surface area contributed by atoms with Gasteiger partial charge in [0.1, 0.15) is 5.82 Å². The van der Waals surface area contributed by atoms with Crippen LogP contribution in [-0.4, -0.2) is 51.3 Å². The molecule has 1 aliphatic rings. The molecular formula is C14H19FN6O. The minimum atomic E-state index is -0.375. The first kappa shape index (κ1) is 14.8. The first-order chi connectivity index (χ1) is 10.5. The first-order valence-corrected chi connectivity index (χ1v) is 7.14. The molecule has 0 saturated carbocycles. The van der Waals surface area contributed by atoms with Gasteiger partial charge in [0, 0.05) is 33.4 Å². The largest absolute Gasteiger partial charge is 0.379 e. The van der Waals surface area contributed by atoms with Gasteiger partial charge >= 0.3 is 0 Å².